The summed E-state index contributed by atoms with van der Waals surface area (Å²) >= 11 is 0. The van der Waals surface area contributed by atoms with E-state index in [2.05, 4.69) is 11.9 Å². The van der Waals surface area contributed by atoms with Crippen LogP contribution in [0.1, 0.15) is 51.9 Å². The van der Waals surface area contributed by atoms with Crippen LogP contribution in [0.5, 0.6) is 0 Å². The lowest BCUT2D eigenvalue weighted by atomic mass is 10.1. The van der Waals surface area contributed by atoms with Crippen molar-refractivity contribution in [3.05, 3.63) is 22.7 Å². The van der Waals surface area contributed by atoms with Crippen molar-refractivity contribution in [1.29, 1.82) is 0 Å². The third kappa shape index (κ3) is 8.10. The molecule has 0 bridgehead atoms. The number of hydrogen-bond acceptors (Lipinski definition) is 6. The van der Waals surface area contributed by atoms with E-state index in [1.54, 1.807) is 19.4 Å². The number of methoxy groups -OCH3 is 1. The Morgan fingerprint density at radius 1 is 1.33 bits per heavy atom. The van der Waals surface area contributed by atoms with Gasteiger partial charge in [-0.1, -0.05) is 32.6 Å². The lowest BCUT2D eigenvalue weighted by Gasteiger charge is -2.16. The first-order valence-electron chi connectivity index (χ1n) is 8.58. The van der Waals surface area contributed by atoms with E-state index in [0.29, 0.717) is 19.4 Å². The monoisotopic (exact) mass is 339 g/mol. The first-order valence-corrected chi connectivity index (χ1v) is 8.58. The molecule has 0 aliphatic carbocycles. The summed E-state index contributed by atoms with van der Waals surface area (Å²) in [5.74, 6) is 0.00674. The fourth-order valence-electron chi connectivity index (χ4n) is 2.30. The molecule has 1 rings (SSSR count). The van der Waals surface area contributed by atoms with E-state index in [1.165, 1.54) is 17.4 Å². The van der Waals surface area contributed by atoms with Gasteiger partial charge in [-0.3, -0.25) is 9.36 Å². The van der Waals surface area contributed by atoms with Crippen LogP contribution < -0.4 is 11.4 Å². The first kappa shape index (κ1) is 20.2. The van der Waals surface area contributed by atoms with Crippen LogP contribution in [0.15, 0.2) is 17.1 Å². The van der Waals surface area contributed by atoms with Gasteiger partial charge in [0.15, 0.2) is 0 Å². The molecular formula is C17H29N3O4. The number of ether oxygens (including phenoxy) is 2. The van der Waals surface area contributed by atoms with E-state index in [-0.39, 0.29) is 24.5 Å². The lowest BCUT2D eigenvalue weighted by molar-refractivity contribution is -0.147. The van der Waals surface area contributed by atoms with E-state index in [9.17, 15) is 9.59 Å². The molecule has 0 aliphatic heterocycles. The van der Waals surface area contributed by atoms with Gasteiger partial charge in [0.2, 0.25) is 0 Å². The highest BCUT2D eigenvalue weighted by Crippen LogP contribution is 2.07. The van der Waals surface area contributed by atoms with Gasteiger partial charge in [0.25, 0.3) is 0 Å². The molecule has 1 aromatic rings. The summed E-state index contributed by atoms with van der Waals surface area (Å²) in [4.78, 5) is 27.0. The van der Waals surface area contributed by atoms with Crippen molar-refractivity contribution in [3.8, 4) is 0 Å². The Bertz CT molecular complexity index is 545. The Hall–Kier alpha value is -1.89. The summed E-state index contributed by atoms with van der Waals surface area (Å²) in [6.07, 6.45) is 7.82. The minimum atomic E-state index is -0.395. The lowest BCUT2D eigenvalue weighted by Crippen LogP contribution is -2.27. The topological polar surface area (TPSA) is 96.4 Å². The van der Waals surface area contributed by atoms with E-state index >= 15 is 0 Å². The summed E-state index contributed by atoms with van der Waals surface area (Å²) < 4.78 is 12.0. The maximum Gasteiger partial charge on any atom is 0.349 e. The zero-order valence-corrected chi connectivity index (χ0v) is 14.7. The average molecular weight is 339 g/mol. The molecule has 1 heterocycles. The Morgan fingerprint density at radius 2 is 2.08 bits per heavy atom. The van der Waals surface area contributed by atoms with Gasteiger partial charge in [-0.25, -0.2) is 4.79 Å². The molecule has 0 saturated heterocycles. The number of nitrogens with two attached hydrogens (primary N) is 1. The van der Waals surface area contributed by atoms with Crippen LogP contribution in [-0.4, -0.2) is 35.3 Å². The molecule has 24 heavy (non-hydrogen) atoms. The predicted molar refractivity (Wildman–Crippen MR) is 92.7 cm³/mol. The van der Waals surface area contributed by atoms with Crippen LogP contribution in [0.3, 0.4) is 0 Å². The molecule has 1 unspecified atom stereocenters. The van der Waals surface area contributed by atoms with Gasteiger partial charge < -0.3 is 15.2 Å². The minimum Gasteiger partial charge on any atom is -0.463 e. The van der Waals surface area contributed by atoms with Gasteiger partial charge in [0, 0.05) is 26.3 Å². The highest BCUT2D eigenvalue weighted by Gasteiger charge is 2.12. The molecule has 7 nitrogen and oxygen atoms in total. The van der Waals surface area contributed by atoms with E-state index in [0.717, 1.165) is 19.3 Å². The number of carbonyl (C=O) groups is 1. The number of aryl methyl sites for hydroxylation is 1. The number of unbranched alkanes of at least 4 members (excludes halogenated alkanes) is 4. The fourth-order valence-corrected chi connectivity index (χ4v) is 2.30. The number of nitrogen functional groups attached to an aromatic ring is 1. The molecule has 0 aromatic carbocycles. The molecule has 0 radical (unpaired) electrons. The molecule has 0 saturated carbocycles. The number of rotatable bonds is 12. The second-order valence-corrected chi connectivity index (χ2v) is 5.82. The number of anilines is 1. The summed E-state index contributed by atoms with van der Waals surface area (Å²) in [6.45, 7) is 2.79. The van der Waals surface area contributed by atoms with Gasteiger partial charge in [-0.2, -0.15) is 4.98 Å². The molecular weight excluding hydrogens is 310 g/mol. The summed E-state index contributed by atoms with van der Waals surface area (Å²) in [7, 11) is 1.56. The predicted octanol–water partition coefficient (Wildman–Crippen LogP) is 2.13. The standard InChI is InChI=1S/C17H29N3O4/c1-3-4-5-6-7-8-16(21)24-13-14(23-2)9-11-20-12-10-15(18)19-17(20)22/h10,12,14H,3-9,11,13H2,1-2H3,(H2,18,19,22). The van der Waals surface area contributed by atoms with Gasteiger partial charge in [-0.15, -0.1) is 0 Å². The Labute approximate surface area is 143 Å². The second kappa shape index (κ2) is 11.6. The summed E-state index contributed by atoms with van der Waals surface area (Å²) in [5, 5.41) is 0. The van der Waals surface area contributed by atoms with Crippen LogP contribution in [-0.2, 0) is 20.8 Å². The quantitative estimate of drug-likeness (QED) is 0.463. The highest BCUT2D eigenvalue weighted by molar-refractivity contribution is 5.69. The number of esters is 1. The van der Waals surface area contributed by atoms with Gasteiger partial charge in [-0.05, 0) is 18.9 Å². The van der Waals surface area contributed by atoms with Crippen molar-refractivity contribution >= 4 is 11.8 Å². The zero-order chi connectivity index (χ0) is 17.8. The summed E-state index contributed by atoms with van der Waals surface area (Å²) in [6, 6.07) is 1.57. The van der Waals surface area contributed by atoms with Crippen LogP contribution in [0.4, 0.5) is 5.82 Å². The number of carbonyl (C=O) groups excluding carboxylic acids is 1. The van der Waals surface area contributed by atoms with Crippen molar-refractivity contribution in [2.24, 2.45) is 0 Å². The number of hydrogen-bond donors (Lipinski definition) is 1. The Morgan fingerprint density at radius 3 is 2.75 bits per heavy atom. The average Bonchev–Trinajstić information content (AvgIpc) is 2.56. The molecule has 0 fully saturated rings. The highest BCUT2D eigenvalue weighted by atomic mass is 16.6. The van der Waals surface area contributed by atoms with E-state index in [4.69, 9.17) is 15.2 Å². The molecule has 1 aromatic heterocycles. The molecule has 7 heteroatoms. The Balaban J connectivity index is 2.26. The second-order valence-electron chi connectivity index (χ2n) is 5.82. The molecule has 1 atom stereocenters. The molecule has 0 aliphatic rings. The molecule has 0 amide bonds. The van der Waals surface area contributed by atoms with Crippen molar-refractivity contribution < 1.29 is 14.3 Å². The third-order valence-corrected chi connectivity index (χ3v) is 3.84. The van der Waals surface area contributed by atoms with Crippen molar-refractivity contribution in [3.63, 3.8) is 0 Å². The van der Waals surface area contributed by atoms with E-state index < -0.39 is 5.69 Å². The van der Waals surface area contributed by atoms with Crippen molar-refractivity contribution in [1.82, 2.24) is 9.55 Å². The summed E-state index contributed by atoms with van der Waals surface area (Å²) in [5.41, 5.74) is 5.06. The SMILES string of the molecule is CCCCCCCC(=O)OCC(CCn1ccc(N)nc1=O)OC. The number of nitrogens with zero attached hydrogens (tertiary/aromatic N) is 2. The maximum absolute atomic E-state index is 11.7. The molecule has 0 spiro atoms. The minimum absolute atomic E-state index is 0.195. The molecule has 2 N–H and O–H groups in total. The normalized spacial score (nSPS) is 12.1. The largest absolute Gasteiger partial charge is 0.463 e. The smallest absolute Gasteiger partial charge is 0.349 e. The van der Waals surface area contributed by atoms with Crippen LogP contribution in [0, 0.1) is 0 Å². The molecule has 136 valence electrons. The van der Waals surface area contributed by atoms with Crippen molar-refractivity contribution in [2.45, 2.75) is 64.5 Å². The van der Waals surface area contributed by atoms with Gasteiger partial charge in [0.1, 0.15) is 12.4 Å². The third-order valence-electron chi connectivity index (χ3n) is 3.84. The van der Waals surface area contributed by atoms with E-state index in [1.807, 2.05) is 0 Å². The van der Waals surface area contributed by atoms with Crippen LogP contribution in [0.25, 0.3) is 0 Å². The zero-order valence-electron chi connectivity index (χ0n) is 14.7. The van der Waals surface area contributed by atoms with Crippen LogP contribution in [0.2, 0.25) is 0 Å². The van der Waals surface area contributed by atoms with Crippen molar-refractivity contribution in [2.75, 3.05) is 19.5 Å². The van der Waals surface area contributed by atoms with Gasteiger partial charge in [0.05, 0.1) is 6.10 Å². The maximum atomic E-state index is 11.7. The first-order chi connectivity index (χ1) is 11.6. The number of aromatic nitrogens is 2. The van der Waals surface area contributed by atoms with Crippen LogP contribution >= 0.6 is 0 Å². The fraction of sp³-hybridized carbons (Fsp3) is 0.706. The Kier molecular flexibility index (Phi) is 9.76. The van der Waals surface area contributed by atoms with Gasteiger partial charge >= 0.3 is 11.7 Å².